The van der Waals surface area contributed by atoms with Crippen molar-refractivity contribution in [2.75, 3.05) is 12.4 Å². The van der Waals surface area contributed by atoms with Gasteiger partial charge in [-0.3, -0.25) is 4.79 Å². The number of methoxy groups -OCH3 is 1. The summed E-state index contributed by atoms with van der Waals surface area (Å²) >= 11 is 0. The number of hydrogen-bond acceptors (Lipinski definition) is 4. The topological polar surface area (TPSA) is 63.2 Å². The Labute approximate surface area is 188 Å². The number of halogens is 4. The van der Waals surface area contributed by atoms with Crippen molar-refractivity contribution in [3.8, 4) is 5.75 Å². The maximum Gasteiger partial charge on any atom is 0.433 e. The molecule has 1 saturated carbocycles. The Morgan fingerprint density at radius 2 is 1.88 bits per heavy atom. The third-order valence-electron chi connectivity index (χ3n) is 5.76. The minimum absolute atomic E-state index is 0.0624. The lowest BCUT2D eigenvalue weighted by atomic mass is 9.90. The number of aromatic nitrogens is 1. The molecule has 174 valence electrons. The minimum Gasteiger partial charge on any atom is -0.497 e. The van der Waals surface area contributed by atoms with Crippen LogP contribution in [0.15, 0.2) is 48.5 Å². The lowest BCUT2D eigenvalue weighted by Crippen LogP contribution is -2.41. The highest BCUT2D eigenvalue weighted by Crippen LogP contribution is 2.34. The Balaban J connectivity index is 1.52. The van der Waals surface area contributed by atoms with Gasteiger partial charge in [0.25, 0.3) is 5.91 Å². The minimum atomic E-state index is -4.63. The fourth-order valence-electron chi connectivity index (χ4n) is 4.17. The molecular weight excluding hydrogens is 438 g/mol. The molecule has 0 aliphatic heterocycles. The summed E-state index contributed by atoms with van der Waals surface area (Å²) in [5.74, 6) is -0.224. The Bertz CT molecular complexity index is 1170. The second kappa shape index (κ2) is 9.25. The second-order valence-electron chi connectivity index (χ2n) is 8.12. The number of nitrogens with zero attached hydrogens (tertiary/aromatic N) is 1. The van der Waals surface area contributed by atoms with E-state index in [4.69, 9.17) is 4.74 Å². The predicted octanol–water partition coefficient (Wildman–Crippen LogP) is 5.55. The van der Waals surface area contributed by atoms with Gasteiger partial charge in [0.1, 0.15) is 17.3 Å². The zero-order valence-corrected chi connectivity index (χ0v) is 17.9. The molecule has 4 rings (SSSR count). The molecule has 2 atom stereocenters. The van der Waals surface area contributed by atoms with Crippen molar-refractivity contribution in [3.05, 3.63) is 65.6 Å². The normalized spacial score (nSPS) is 18.7. The number of fused-ring (bicyclic) bond motifs is 1. The maximum atomic E-state index is 13.8. The Morgan fingerprint density at radius 3 is 2.64 bits per heavy atom. The first-order valence-corrected chi connectivity index (χ1v) is 10.6. The molecular formula is C24H23F4N3O2. The zero-order valence-electron chi connectivity index (χ0n) is 17.9. The lowest BCUT2D eigenvalue weighted by Gasteiger charge is -2.31. The fourth-order valence-corrected chi connectivity index (χ4v) is 4.17. The van der Waals surface area contributed by atoms with Crippen molar-refractivity contribution >= 4 is 22.5 Å². The summed E-state index contributed by atoms with van der Waals surface area (Å²) in [7, 11) is 1.52. The van der Waals surface area contributed by atoms with E-state index in [0.29, 0.717) is 24.2 Å². The summed E-state index contributed by atoms with van der Waals surface area (Å²) in [5.41, 5.74) is -0.332. The molecule has 2 aromatic carbocycles. The maximum absolute atomic E-state index is 13.8. The number of rotatable bonds is 5. The number of carbonyl (C=O) groups is 1. The monoisotopic (exact) mass is 461 g/mol. The summed E-state index contributed by atoms with van der Waals surface area (Å²) in [6.07, 6.45) is -1.85. The van der Waals surface area contributed by atoms with Gasteiger partial charge >= 0.3 is 6.18 Å². The molecule has 0 saturated heterocycles. The number of carbonyl (C=O) groups excluding carboxylic acids is 1. The van der Waals surface area contributed by atoms with Crippen LogP contribution in [0.25, 0.3) is 10.9 Å². The molecule has 5 nitrogen and oxygen atoms in total. The van der Waals surface area contributed by atoms with Crippen LogP contribution >= 0.6 is 0 Å². The van der Waals surface area contributed by atoms with Crippen LogP contribution in [0.3, 0.4) is 0 Å². The number of anilines is 1. The first kappa shape index (κ1) is 22.8. The van der Waals surface area contributed by atoms with E-state index in [1.807, 2.05) is 0 Å². The summed E-state index contributed by atoms with van der Waals surface area (Å²) in [6.45, 7) is 0. The number of benzene rings is 2. The molecule has 1 aromatic heterocycles. The molecule has 0 bridgehead atoms. The van der Waals surface area contributed by atoms with Crippen LogP contribution in [0, 0.1) is 5.82 Å². The van der Waals surface area contributed by atoms with Crippen LogP contribution in [-0.2, 0) is 6.18 Å². The van der Waals surface area contributed by atoms with Gasteiger partial charge in [0.15, 0.2) is 0 Å². The molecule has 9 heteroatoms. The molecule has 1 aliphatic carbocycles. The molecule has 0 spiro atoms. The van der Waals surface area contributed by atoms with Gasteiger partial charge in [-0.15, -0.1) is 0 Å². The van der Waals surface area contributed by atoms with Crippen LogP contribution in [-0.4, -0.2) is 30.1 Å². The Hall–Kier alpha value is -3.36. The third kappa shape index (κ3) is 5.35. The summed E-state index contributed by atoms with van der Waals surface area (Å²) in [6, 6.07) is 10.9. The fraction of sp³-hybridized carbons (Fsp3) is 0.333. The largest absolute Gasteiger partial charge is 0.497 e. The van der Waals surface area contributed by atoms with E-state index < -0.39 is 17.7 Å². The van der Waals surface area contributed by atoms with E-state index in [1.54, 1.807) is 24.3 Å². The van der Waals surface area contributed by atoms with Gasteiger partial charge in [-0.05, 0) is 68.1 Å². The van der Waals surface area contributed by atoms with Crippen LogP contribution in [0.4, 0.5) is 23.2 Å². The van der Waals surface area contributed by atoms with E-state index in [-0.39, 0.29) is 34.6 Å². The van der Waals surface area contributed by atoms with E-state index in [0.717, 1.165) is 25.0 Å². The van der Waals surface area contributed by atoms with Crippen LogP contribution in [0.2, 0.25) is 0 Å². The van der Waals surface area contributed by atoms with Crippen LogP contribution in [0.1, 0.15) is 41.7 Å². The molecule has 2 N–H and O–H groups in total. The summed E-state index contributed by atoms with van der Waals surface area (Å²) in [5, 5.41) is 6.43. The molecule has 0 radical (unpaired) electrons. The highest BCUT2D eigenvalue weighted by atomic mass is 19.4. The number of hydrogen-bond donors (Lipinski definition) is 2. The number of nitrogens with one attached hydrogen (secondary N) is 2. The zero-order chi connectivity index (χ0) is 23.6. The van der Waals surface area contributed by atoms with Crippen molar-refractivity contribution in [1.82, 2.24) is 10.3 Å². The van der Waals surface area contributed by atoms with Crippen LogP contribution in [0.5, 0.6) is 5.75 Å². The quantitative estimate of drug-likeness (QED) is 0.489. The highest BCUT2D eigenvalue weighted by Gasteiger charge is 2.34. The number of ether oxygens (including phenoxy) is 1. The van der Waals surface area contributed by atoms with Gasteiger partial charge in [0.05, 0.1) is 12.6 Å². The second-order valence-corrected chi connectivity index (χ2v) is 8.12. The van der Waals surface area contributed by atoms with E-state index in [2.05, 4.69) is 15.6 Å². The Kier molecular flexibility index (Phi) is 6.40. The number of amides is 1. The SMILES string of the molecule is COc1cccc(C(=O)N[C@@H]2CCC[C@H](Nc3cc(C(F)(F)F)nc4ccc(F)cc34)C2)c1. The molecule has 1 fully saturated rings. The van der Waals surface area contributed by atoms with E-state index in [9.17, 15) is 22.4 Å². The van der Waals surface area contributed by atoms with Crippen molar-refractivity contribution < 1.29 is 27.1 Å². The lowest BCUT2D eigenvalue weighted by molar-refractivity contribution is -0.140. The smallest absolute Gasteiger partial charge is 0.433 e. The number of alkyl halides is 3. The van der Waals surface area contributed by atoms with Crippen molar-refractivity contribution in [2.45, 2.75) is 43.9 Å². The summed E-state index contributed by atoms with van der Waals surface area (Å²) < 4.78 is 59.0. The molecule has 1 aliphatic rings. The first-order valence-electron chi connectivity index (χ1n) is 10.6. The van der Waals surface area contributed by atoms with Gasteiger partial charge in [0.2, 0.25) is 0 Å². The van der Waals surface area contributed by atoms with Gasteiger partial charge in [-0.2, -0.15) is 13.2 Å². The molecule has 1 heterocycles. The van der Waals surface area contributed by atoms with Gasteiger partial charge < -0.3 is 15.4 Å². The van der Waals surface area contributed by atoms with Crippen molar-refractivity contribution in [2.24, 2.45) is 0 Å². The highest BCUT2D eigenvalue weighted by molar-refractivity contribution is 5.95. The van der Waals surface area contributed by atoms with Gasteiger partial charge in [0, 0.05) is 28.7 Å². The van der Waals surface area contributed by atoms with Crippen molar-refractivity contribution in [3.63, 3.8) is 0 Å². The van der Waals surface area contributed by atoms with Gasteiger partial charge in [-0.25, -0.2) is 9.37 Å². The van der Waals surface area contributed by atoms with Gasteiger partial charge in [-0.1, -0.05) is 6.07 Å². The Morgan fingerprint density at radius 1 is 1.09 bits per heavy atom. The third-order valence-corrected chi connectivity index (χ3v) is 5.76. The average Bonchev–Trinajstić information content (AvgIpc) is 2.79. The molecule has 1 amide bonds. The van der Waals surface area contributed by atoms with Crippen LogP contribution < -0.4 is 15.4 Å². The summed E-state index contributed by atoms with van der Waals surface area (Å²) in [4.78, 5) is 16.3. The van der Waals surface area contributed by atoms with E-state index in [1.165, 1.54) is 19.2 Å². The average molecular weight is 461 g/mol. The standard InChI is InChI=1S/C24H23F4N3O2/c1-33-18-7-2-4-14(10-18)23(32)30-17-6-3-5-16(12-17)29-21-13-22(24(26,27)28)31-20-9-8-15(25)11-19(20)21/h2,4,7-11,13,16-17H,3,5-6,12H2,1H3,(H,29,31)(H,30,32)/t16-,17+/m0/s1. The molecule has 33 heavy (non-hydrogen) atoms. The first-order chi connectivity index (χ1) is 15.7. The van der Waals surface area contributed by atoms with Crippen molar-refractivity contribution in [1.29, 1.82) is 0 Å². The molecule has 0 unspecified atom stereocenters. The number of pyridine rings is 1. The molecule has 3 aromatic rings. The predicted molar refractivity (Wildman–Crippen MR) is 117 cm³/mol. The van der Waals surface area contributed by atoms with E-state index >= 15 is 0 Å².